The number of hydrogen-bond acceptors (Lipinski definition) is 4. The van der Waals surface area contributed by atoms with Crippen LogP contribution < -0.4 is 14.4 Å². The van der Waals surface area contributed by atoms with Crippen LogP contribution in [0, 0.1) is 0 Å². The van der Waals surface area contributed by atoms with Crippen LogP contribution >= 0.6 is 0 Å². The Labute approximate surface area is 114 Å². The molecule has 0 atom stereocenters. The van der Waals surface area contributed by atoms with E-state index >= 15 is 0 Å². The molecule has 106 valence electrons. The van der Waals surface area contributed by atoms with Gasteiger partial charge in [-0.1, -0.05) is 13.3 Å². The van der Waals surface area contributed by atoms with Crippen molar-refractivity contribution in [2.24, 2.45) is 0 Å². The number of nitrogens with zero attached hydrogens (tertiary/aromatic N) is 1. The van der Waals surface area contributed by atoms with Gasteiger partial charge in [-0.3, -0.25) is 4.72 Å². The van der Waals surface area contributed by atoms with Gasteiger partial charge in [-0.15, -0.1) is 0 Å². The molecule has 0 saturated heterocycles. The van der Waals surface area contributed by atoms with Crippen molar-refractivity contribution in [1.82, 2.24) is 0 Å². The molecule has 0 bridgehead atoms. The Morgan fingerprint density at radius 3 is 2.95 bits per heavy atom. The average molecular weight is 284 g/mol. The van der Waals surface area contributed by atoms with Crippen LogP contribution in [-0.2, 0) is 10.0 Å². The maximum Gasteiger partial charge on any atom is 0.232 e. The number of nitrogens with one attached hydrogen (secondary N) is 1. The highest BCUT2D eigenvalue weighted by Crippen LogP contribution is 2.33. The van der Waals surface area contributed by atoms with Crippen LogP contribution in [0.25, 0.3) is 0 Å². The van der Waals surface area contributed by atoms with Crippen LogP contribution in [0.3, 0.4) is 0 Å². The lowest BCUT2D eigenvalue weighted by molar-refractivity contribution is 0.311. The van der Waals surface area contributed by atoms with Crippen molar-refractivity contribution in [2.75, 3.05) is 35.6 Å². The van der Waals surface area contributed by atoms with Gasteiger partial charge in [-0.25, -0.2) is 8.42 Å². The molecule has 0 aromatic heterocycles. The Hall–Kier alpha value is -1.43. The zero-order chi connectivity index (χ0) is 13.9. The highest BCUT2D eigenvalue weighted by Gasteiger charge is 2.17. The van der Waals surface area contributed by atoms with Crippen LogP contribution in [0.4, 0.5) is 11.4 Å². The molecule has 0 radical (unpaired) electrons. The lowest BCUT2D eigenvalue weighted by Gasteiger charge is -2.28. The highest BCUT2D eigenvalue weighted by molar-refractivity contribution is 7.92. The summed E-state index contributed by atoms with van der Waals surface area (Å²) in [5, 5.41) is 0. The number of fused-ring (bicyclic) bond motifs is 1. The standard InChI is InChI=1S/C13H20N2O3S/c1-3-4-9-19(16,17)14-11-5-6-13-12(10-11)15(2)7-8-18-13/h5-6,10,14H,3-4,7-9H2,1-2H3. The molecule has 19 heavy (non-hydrogen) atoms. The summed E-state index contributed by atoms with van der Waals surface area (Å²) in [6.45, 7) is 3.44. The van der Waals surface area contributed by atoms with Gasteiger partial charge in [0.05, 0.1) is 23.7 Å². The fraction of sp³-hybridized carbons (Fsp3) is 0.538. The Bertz CT molecular complexity index is 543. The molecule has 6 heteroatoms. The second-order valence-corrected chi connectivity index (χ2v) is 6.57. The molecule has 0 fully saturated rings. The van der Waals surface area contributed by atoms with Crippen molar-refractivity contribution >= 4 is 21.4 Å². The SMILES string of the molecule is CCCCS(=O)(=O)Nc1ccc2c(c1)N(C)CCO2. The molecule has 1 aliphatic rings. The first kappa shape index (κ1) is 14.0. The van der Waals surface area contributed by atoms with Crippen molar-refractivity contribution in [2.45, 2.75) is 19.8 Å². The normalized spacial score (nSPS) is 14.7. The molecule has 1 heterocycles. The minimum Gasteiger partial charge on any atom is -0.490 e. The van der Waals surface area contributed by atoms with Crippen molar-refractivity contribution < 1.29 is 13.2 Å². The van der Waals surface area contributed by atoms with Crippen molar-refractivity contribution in [3.63, 3.8) is 0 Å². The van der Waals surface area contributed by atoms with Crippen LogP contribution in [0.1, 0.15) is 19.8 Å². The predicted octanol–water partition coefficient (Wildman–Crippen LogP) is 2.06. The largest absolute Gasteiger partial charge is 0.490 e. The number of hydrogen-bond donors (Lipinski definition) is 1. The summed E-state index contributed by atoms with van der Waals surface area (Å²) in [6, 6.07) is 5.36. The topological polar surface area (TPSA) is 58.6 Å². The Morgan fingerprint density at radius 2 is 2.21 bits per heavy atom. The van der Waals surface area contributed by atoms with E-state index in [1.807, 2.05) is 26.1 Å². The van der Waals surface area contributed by atoms with Crippen molar-refractivity contribution in [1.29, 1.82) is 0 Å². The Kier molecular flexibility index (Phi) is 4.19. The van der Waals surface area contributed by atoms with E-state index in [4.69, 9.17) is 4.74 Å². The minimum absolute atomic E-state index is 0.160. The zero-order valence-corrected chi connectivity index (χ0v) is 12.2. The number of ether oxygens (including phenoxy) is 1. The van der Waals surface area contributed by atoms with E-state index in [1.54, 1.807) is 6.07 Å². The molecular weight excluding hydrogens is 264 g/mol. The van der Waals surface area contributed by atoms with Crippen molar-refractivity contribution in [3.8, 4) is 5.75 Å². The molecule has 0 amide bonds. The smallest absolute Gasteiger partial charge is 0.232 e. The zero-order valence-electron chi connectivity index (χ0n) is 11.3. The predicted molar refractivity (Wildman–Crippen MR) is 77.5 cm³/mol. The van der Waals surface area contributed by atoms with Gasteiger partial charge in [0.2, 0.25) is 10.0 Å². The molecule has 0 saturated carbocycles. The first-order valence-electron chi connectivity index (χ1n) is 6.50. The lowest BCUT2D eigenvalue weighted by atomic mass is 10.2. The second kappa shape index (κ2) is 5.69. The first-order chi connectivity index (χ1) is 9.02. The van der Waals surface area contributed by atoms with Crippen molar-refractivity contribution in [3.05, 3.63) is 18.2 Å². The number of anilines is 2. The van der Waals surface area contributed by atoms with Gasteiger partial charge in [0.1, 0.15) is 12.4 Å². The number of likely N-dealkylation sites (N-methyl/N-ethyl adjacent to an activating group) is 1. The molecule has 1 aromatic rings. The van der Waals surface area contributed by atoms with E-state index in [9.17, 15) is 8.42 Å². The summed E-state index contributed by atoms with van der Waals surface area (Å²) in [4.78, 5) is 2.06. The van der Waals surface area contributed by atoms with Gasteiger partial charge < -0.3 is 9.64 Å². The summed E-state index contributed by atoms with van der Waals surface area (Å²) in [5.74, 6) is 0.956. The molecule has 1 N–H and O–H groups in total. The number of unbranched alkanes of at least 4 members (excludes halogenated alkanes) is 1. The van der Waals surface area contributed by atoms with Gasteiger partial charge in [-0.2, -0.15) is 0 Å². The Morgan fingerprint density at radius 1 is 1.42 bits per heavy atom. The summed E-state index contributed by atoms with van der Waals surface area (Å²) in [6.07, 6.45) is 1.53. The maximum atomic E-state index is 11.9. The molecule has 1 aliphatic heterocycles. The third kappa shape index (κ3) is 3.53. The van der Waals surface area contributed by atoms with Crippen LogP contribution in [0.15, 0.2) is 18.2 Å². The fourth-order valence-electron chi connectivity index (χ4n) is 1.98. The van der Waals surface area contributed by atoms with E-state index in [0.717, 1.165) is 24.4 Å². The quantitative estimate of drug-likeness (QED) is 0.899. The number of rotatable bonds is 5. The molecule has 5 nitrogen and oxygen atoms in total. The molecule has 0 spiro atoms. The molecule has 1 aromatic carbocycles. The van der Waals surface area contributed by atoms with E-state index < -0.39 is 10.0 Å². The van der Waals surface area contributed by atoms with Gasteiger partial charge in [0, 0.05) is 7.05 Å². The Balaban J connectivity index is 2.16. The van der Waals surface area contributed by atoms with E-state index in [2.05, 4.69) is 9.62 Å². The summed E-state index contributed by atoms with van der Waals surface area (Å²) in [5.41, 5.74) is 1.51. The number of benzene rings is 1. The third-order valence-electron chi connectivity index (χ3n) is 3.09. The fourth-order valence-corrected chi connectivity index (χ4v) is 3.24. The lowest BCUT2D eigenvalue weighted by Crippen LogP contribution is -2.29. The molecular formula is C13H20N2O3S. The van der Waals surface area contributed by atoms with Gasteiger partial charge in [0.25, 0.3) is 0 Å². The van der Waals surface area contributed by atoms with Crippen LogP contribution in [-0.4, -0.2) is 34.4 Å². The first-order valence-corrected chi connectivity index (χ1v) is 8.15. The van der Waals surface area contributed by atoms with Crippen LogP contribution in [0.5, 0.6) is 5.75 Å². The molecule has 2 rings (SSSR count). The second-order valence-electron chi connectivity index (χ2n) is 4.73. The monoisotopic (exact) mass is 284 g/mol. The highest BCUT2D eigenvalue weighted by atomic mass is 32.2. The summed E-state index contributed by atoms with van der Waals surface area (Å²) in [7, 11) is -1.28. The van der Waals surface area contributed by atoms with Crippen LogP contribution in [0.2, 0.25) is 0 Å². The summed E-state index contributed by atoms with van der Waals surface area (Å²) < 4.78 is 31.8. The molecule has 0 aliphatic carbocycles. The maximum absolute atomic E-state index is 11.9. The van der Waals surface area contributed by atoms with E-state index in [1.165, 1.54) is 0 Å². The van der Waals surface area contributed by atoms with Gasteiger partial charge in [0.15, 0.2) is 0 Å². The third-order valence-corrected chi connectivity index (χ3v) is 4.47. The van der Waals surface area contributed by atoms with Gasteiger partial charge >= 0.3 is 0 Å². The van der Waals surface area contributed by atoms with E-state index in [-0.39, 0.29) is 5.75 Å². The average Bonchev–Trinajstić information content (AvgIpc) is 2.37. The minimum atomic E-state index is -3.25. The number of sulfonamides is 1. The van der Waals surface area contributed by atoms with Gasteiger partial charge in [-0.05, 0) is 24.6 Å². The summed E-state index contributed by atoms with van der Waals surface area (Å²) >= 11 is 0. The van der Waals surface area contributed by atoms with E-state index in [0.29, 0.717) is 18.7 Å². The molecule has 0 unspecified atom stereocenters.